The standard InChI is InChI=1S/C12H15F2N3O5/c1-5(21-6(2)18)8-9(19)12(13,14)10(22-8)17-4-3-7(15)16-11(17)20/h3-5,8-10,19H,1-2H3,(H2,15,16,20). The van der Waals surface area contributed by atoms with E-state index in [1.807, 2.05) is 0 Å². The highest BCUT2D eigenvalue weighted by Crippen LogP contribution is 2.43. The second-order valence-corrected chi connectivity index (χ2v) is 4.93. The van der Waals surface area contributed by atoms with Crippen LogP contribution in [0.25, 0.3) is 0 Å². The number of nitrogens with two attached hydrogens (primary N) is 1. The van der Waals surface area contributed by atoms with E-state index < -0.39 is 42.1 Å². The minimum absolute atomic E-state index is 0.132. The summed E-state index contributed by atoms with van der Waals surface area (Å²) >= 11 is 0. The summed E-state index contributed by atoms with van der Waals surface area (Å²) in [6.45, 7) is 2.40. The van der Waals surface area contributed by atoms with E-state index in [1.54, 1.807) is 0 Å². The van der Waals surface area contributed by atoms with Crippen molar-refractivity contribution < 1.29 is 28.2 Å². The lowest BCUT2D eigenvalue weighted by molar-refractivity contribution is -0.158. The maximum absolute atomic E-state index is 14.2. The Kier molecular flexibility index (Phi) is 4.16. The van der Waals surface area contributed by atoms with E-state index in [0.29, 0.717) is 4.57 Å². The summed E-state index contributed by atoms with van der Waals surface area (Å²) in [5.74, 6) is -4.62. The summed E-state index contributed by atoms with van der Waals surface area (Å²) < 4.78 is 38.7. The normalized spacial score (nSPS) is 28.3. The fourth-order valence-corrected chi connectivity index (χ4v) is 2.23. The highest BCUT2D eigenvalue weighted by molar-refractivity contribution is 5.66. The molecular formula is C12H15F2N3O5. The average Bonchev–Trinajstić information content (AvgIpc) is 2.61. The summed E-state index contributed by atoms with van der Waals surface area (Å²) in [6.07, 6.45) is -5.95. The van der Waals surface area contributed by atoms with Gasteiger partial charge < -0.3 is 20.3 Å². The summed E-state index contributed by atoms with van der Waals surface area (Å²) in [5.41, 5.74) is 4.25. The molecule has 1 aromatic heterocycles. The molecule has 0 spiro atoms. The zero-order valence-corrected chi connectivity index (χ0v) is 11.8. The third-order valence-electron chi connectivity index (χ3n) is 3.24. The molecule has 0 bridgehead atoms. The number of hydrogen-bond donors (Lipinski definition) is 2. The molecular weight excluding hydrogens is 304 g/mol. The molecule has 122 valence electrons. The molecule has 4 unspecified atom stereocenters. The van der Waals surface area contributed by atoms with E-state index in [1.165, 1.54) is 6.92 Å². The van der Waals surface area contributed by atoms with E-state index in [0.717, 1.165) is 19.2 Å². The number of hydrogen-bond acceptors (Lipinski definition) is 7. The van der Waals surface area contributed by atoms with Gasteiger partial charge >= 0.3 is 17.6 Å². The minimum atomic E-state index is -3.78. The molecule has 1 fully saturated rings. The smallest absolute Gasteiger partial charge is 0.351 e. The fourth-order valence-electron chi connectivity index (χ4n) is 2.23. The van der Waals surface area contributed by atoms with E-state index in [4.69, 9.17) is 15.2 Å². The summed E-state index contributed by atoms with van der Waals surface area (Å²) in [7, 11) is 0. The van der Waals surface area contributed by atoms with Gasteiger partial charge in [0.15, 0.2) is 6.10 Å². The molecule has 1 aliphatic rings. The van der Waals surface area contributed by atoms with E-state index >= 15 is 0 Å². The first-order chi connectivity index (χ1) is 10.1. The number of carbonyl (C=O) groups is 1. The maximum atomic E-state index is 14.2. The Hall–Kier alpha value is -2.07. The zero-order valence-electron chi connectivity index (χ0n) is 11.8. The molecule has 3 N–H and O–H groups in total. The number of nitrogens with zero attached hydrogens (tertiary/aromatic N) is 2. The lowest BCUT2D eigenvalue weighted by atomic mass is 10.1. The Labute approximate surface area is 123 Å². The Morgan fingerprint density at radius 3 is 2.82 bits per heavy atom. The van der Waals surface area contributed by atoms with Crippen LogP contribution in [-0.4, -0.2) is 44.9 Å². The van der Waals surface area contributed by atoms with E-state index in [2.05, 4.69) is 4.98 Å². The van der Waals surface area contributed by atoms with Crippen molar-refractivity contribution in [2.75, 3.05) is 5.73 Å². The SMILES string of the molecule is CC(=O)OC(C)C1OC(n2ccc(N)nc2=O)C(F)(F)C1O. The van der Waals surface area contributed by atoms with Crippen LogP contribution in [0.3, 0.4) is 0 Å². The van der Waals surface area contributed by atoms with Gasteiger partial charge in [-0.3, -0.25) is 9.36 Å². The molecule has 4 atom stereocenters. The van der Waals surface area contributed by atoms with Crippen molar-refractivity contribution in [3.8, 4) is 0 Å². The quantitative estimate of drug-likeness (QED) is 0.733. The molecule has 0 aromatic carbocycles. The van der Waals surface area contributed by atoms with Gasteiger partial charge in [0.2, 0.25) is 6.23 Å². The predicted octanol–water partition coefficient (Wildman–Crippen LogP) is -0.329. The monoisotopic (exact) mass is 319 g/mol. The Balaban J connectivity index is 2.33. The molecule has 2 rings (SSSR count). The van der Waals surface area contributed by atoms with Gasteiger partial charge in [-0.15, -0.1) is 0 Å². The van der Waals surface area contributed by atoms with Gasteiger partial charge in [0.1, 0.15) is 18.0 Å². The average molecular weight is 319 g/mol. The molecule has 2 heterocycles. The Bertz CT molecular complexity index is 635. The van der Waals surface area contributed by atoms with Crippen molar-refractivity contribution in [3.05, 3.63) is 22.7 Å². The molecule has 1 aromatic rings. The van der Waals surface area contributed by atoms with Crippen LogP contribution < -0.4 is 11.4 Å². The maximum Gasteiger partial charge on any atom is 0.351 e. The number of ether oxygens (including phenoxy) is 2. The lowest BCUT2D eigenvalue weighted by Gasteiger charge is -2.21. The van der Waals surface area contributed by atoms with Gasteiger partial charge in [-0.05, 0) is 13.0 Å². The topological polar surface area (TPSA) is 117 Å². The van der Waals surface area contributed by atoms with E-state index in [9.17, 15) is 23.5 Å². The number of esters is 1. The summed E-state index contributed by atoms with van der Waals surface area (Å²) in [5, 5.41) is 9.75. The van der Waals surface area contributed by atoms with Crippen molar-refractivity contribution in [2.45, 2.75) is 44.3 Å². The van der Waals surface area contributed by atoms with Crippen LogP contribution in [0.1, 0.15) is 20.1 Å². The second-order valence-electron chi connectivity index (χ2n) is 4.93. The number of nitrogen functional groups attached to an aromatic ring is 1. The first kappa shape index (κ1) is 16.3. The Morgan fingerprint density at radius 2 is 2.27 bits per heavy atom. The number of aliphatic hydroxyl groups excluding tert-OH is 1. The van der Waals surface area contributed by atoms with Gasteiger partial charge in [-0.1, -0.05) is 0 Å². The number of rotatable bonds is 3. The predicted molar refractivity (Wildman–Crippen MR) is 69.0 cm³/mol. The van der Waals surface area contributed by atoms with Crippen molar-refractivity contribution in [2.24, 2.45) is 0 Å². The minimum Gasteiger partial charge on any atom is -0.460 e. The highest BCUT2D eigenvalue weighted by atomic mass is 19.3. The first-order valence-corrected chi connectivity index (χ1v) is 6.37. The summed E-state index contributed by atoms with van der Waals surface area (Å²) in [6, 6.07) is 1.15. The van der Waals surface area contributed by atoms with Crippen LogP contribution in [0, 0.1) is 0 Å². The van der Waals surface area contributed by atoms with Gasteiger partial charge in [-0.2, -0.15) is 13.8 Å². The van der Waals surface area contributed by atoms with Crippen molar-refractivity contribution >= 4 is 11.8 Å². The number of aromatic nitrogens is 2. The molecule has 0 aliphatic carbocycles. The third-order valence-corrected chi connectivity index (χ3v) is 3.24. The number of halogens is 2. The van der Waals surface area contributed by atoms with E-state index in [-0.39, 0.29) is 5.82 Å². The van der Waals surface area contributed by atoms with Crippen LogP contribution >= 0.6 is 0 Å². The van der Waals surface area contributed by atoms with Crippen LogP contribution in [-0.2, 0) is 14.3 Å². The first-order valence-electron chi connectivity index (χ1n) is 6.37. The molecule has 0 saturated carbocycles. The van der Waals surface area contributed by atoms with Crippen LogP contribution in [0.2, 0.25) is 0 Å². The van der Waals surface area contributed by atoms with Crippen LogP contribution in [0.5, 0.6) is 0 Å². The van der Waals surface area contributed by atoms with Crippen molar-refractivity contribution in [1.82, 2.24) is 9.55 Å². The number of anilines is 1. The lowest BCUT2D eigenvalue weighted by Crippen LogP contribution is -2.43. The number of aliphatic hydroxyl groups is 1. The van der Waals surface area contributed by atoms with Crippen LogP contribution in [0.15, 0.2) is 17.1 Å². The fraction of sp³-hybridized carbons (Fsp3) is 0.583. The molecule has 1 saturated heterocycles. The number of alkyl halides is 2. The molecule has 10 heteroatoms. The highest BCUT2D eigenvalue weighted by Gasteiger charge is 2.61. The van der Waals surface area contributed by atoms with Crippen molar-refractivity contribution in [3.63, 3.8) is 0 Å². The zero-order chi connectivity index (χ0) is 16.7. The Morgan fingerprint density at radius 1 is 1.64 bits per heavy atom. The van der Waals surface area contributed by atoms with Crippen molar-refractivity contribution in [1.29, 1.82) is 0 Å². The third kappa shape index (κ3) is 2.79. The molecule has 22 heavy (non-hydrogen) atoms. The van der Waals surface area contributed by atoms with Gasteiger partial charge in [0, 0.05) is 13.1 Å². The van der Waals surface area contributed by atoms with Gasteiger partial charge in [-0.25, -0.2) is 4.79 Å². The summed E-state index contributed by atoms with van der Waals surface area (Å²) in [4.78, 5) is 25.9. The van der Waals surface area contributed by atoms with Gasteiger partial charge in [0.05, 0.1) is 0 Å². The van der Waals surface area contributed by atoms with Crippen LogP contribution in [0.4, 0.5) is 14.6 Å². The molecule has 0 radical (unpaired) electrons. The molecule has 0 amide bonds. The molecule has 1 aliphatic heterocycles. The number of carbonyl (C=O) groups excluding carboxylic acids is 1. The second kappa shape index (κ2) is 5.61. The largest absolute Gasteiger partial charge is 0.460 e. The molecule has 8 nitrogen and oxygen atoms in total. The van der Waals surface area contributed by atoms with Gasteiger partial charge in [0.25, 0.3) is 0 Å².